The zero-order valence-electron chi connectivity index (χ0n) is 14.5. The lowest BCUT2D eigenvalue weighted by Gasteiger charge is -2.14. The van der Waals surface area contributed by atoms with Gasteiger partial charge in [-0.1, -0.05) is 17.7 Å². The van der Waals surface area contributed by atoms with Crippen molar-refractivity contribution in [1.29, 1.82) is 0 Å². The number of aromatic nitrogens is 1. The van der Waals surface area contributed by atoms with Crippen LogP contribution < -0.4 is 0 Å². The minimum absolute atomic E-state index is 0.126. The predicted molar refractivity (Wildman–Crippen MR) is 106 cm³/mol. The van der Waals surface area contributed by atoms with Crippen molar-refractivity contribution in [3.8, 4) is 0 Å². The largest absolute Gasteiger partial charge is 0.363 e. The lowest BCUT2D eigenvalue weighted by atomic mass is 10.1. The number of hydrogen-bond donors (Lipinski definition) is 0. The summed E-state index contributed by atoms with van der Waals surface area (Å²) < 4.78 is 25.3. The molecule has 28 heavy (non-hydrogen) atoms. The van der Waals surface area contributed by atoms with E-state index in [0.29, 0.717) is 28.7 Å². The van der Waals surface area contributed by atoms with Gasteiger partial charge in [-0.2, -0.15) is 0 Å². The second-order valence-corrected chi connectivity index (χ2v) is 9.70. The first-order chi connectivity index (χ1) is 13.4. The molecule has 2 heterocycles. The predicted octanol–water partition coefficient (Wildman–Crippen LogP) is 3.86. The molecule has 0 amide bonds. The Bertz CT molecular complexity index is 1110. The third kappa shape index (κ3) is 4.10. The van der Waals surface area contributed by atoms with E-state index in [1.54, 1.807) is 54.0 Å². The highest BCUT2D eigenvalue weighted by molar-refractivity contribution is 7.90. The van der Waals surface area contributed by atoms with Gasteiger partial charge < -0.3 is 4.84 Å². The van der Waals surface area contributed by atoms with E-state index in [1.165, 1.54) is 16.4 Å². The number of carbonyl (C=O) groups is 1. The lowest BCUT2D eigenvalue weighted by Crippen LogP contribution is -2.21. The number of rotatable bonds is 5. The van der Waals surface area contributed by atoms with E-state index >= 15 is 0 Å². The van der Waals surface area contributed by atoms with Gasteiger partial charge >= 0.3 is 5.97 Å². The molecule has 0 atom stereocenters. The van der Waals surface area contributed by atoms with Crippen LogP contribution in [-0.4, -0.2) is 24.4 Å². The Morgan fingerprint density at radius 2 is 1.89 bits per heavy atom. The summed E-state index contributed by atoms with van der Waals surface area (Å²) in [5.41, 5.74) is 2.15. The maximum Gasteiger partial charge on any atom is 0.357 e. The average Bonchev–Trinajstić information content (AvgIpc) is 3.30. The maximum atomic E-state index is 12.6. The van der Waals surface area contributed by atoms with Crippen molar-refractivity contribution in [2.24, 2.45) is 0 Å². The second-order valence-electron chi connectivity index (χ2n) is 6.30. The molecule has 0 aliphatic carbocycles. The third-order valence-electron chi connectivity index (χ3n) is 4.32. The molecule has 0 spiro atoms. The highest BCUT2D eigenvalue weighted by Gasteiger charge is 2.26. The van der Waals surface area contributed by atoms with E-state index in [2.05, 4.69) is 4.98 Å². The van der Waals surface area contributed by atoms with Crippen molar-refractivity contribution in [3.05, 3.63) is 80.8 Å². The van der Waals surface area contributed by atoms with Crippen LogP contribution in [-0.2, 0) is 33.5 Å². The molecule has 0 N–H and O–H groups in total. The number of thiazole rings is 1. The van der Waals surface area contributed by atoms with Gasteiger partial charge in [0.05, 0.1) is 23.5 Å². The molecule has 0 saturated carbocycles. The summed E-state index contributed by atoms with van der Waals surface area (Å²) in [6, 6.07) is 11.4. The topological polar surface area (TPSA) is 76.6 Å². The summed E-state index contributed by atoms with van der Waals surface area (Å²) in [5.74, 6) is -0.611. The monoisotopic (exact) mass is 434 g/mol. The lowest BCUT2D eigenvalue weighted by molar-refractivity contribution is -0.115. The molecule has 3 aromatic rings. The summed E-state index contributed by atoms with van der Waals surface area (Å²) in [4.78, 5) is 22.0. The SMILES string of the molecule is O=C(ON1Cc2ccc(S(=O)(=O)Cc3nccs3)cc2C1)c1ccc(Cl)cc1. The normalized spacial score (nSPS) is 14.0. The smallest absolute Gasteiger partial charge is 0.357 e. The molecule has 2 aromatic carbocycles. The molecule has 0 bridgehead atoms. The molecule has 1 aliphatic heterocycles. The Morgan fingerprint density at radius 1 is 1.14 bits per heavy atom. The number of hydroxylamine groups is 2. The van der Waals surface area contributed by atoms with Crippen molar-refractivity contribution < 1.29 is 18.0 Å². The molecule has 0 radical (unpaired) electrons. The Balaban J connectivity index is 1.46. The van der Waals surface area contributed by atoms with Gasteiger partial charge in [0.25, 0.3) is 0 Å². The van der Waals surface area contributed by atoms with Gasteiger partial charge in [0, 0.05) is 16.6 Å². The molecule has 6 nitrogen and oxygen atoms in total. The maximum absolute atomic E-state index is 12.6. The Morgan fingerprint density at radius 3 is 2.61 bits per heavy atom. The minimum Gasteiger partial charge on any atom is -0.363 e. The van der Waals surface area contributed by atoms with Crippen molar-refractivity contribution >= 4 is 38.7 Å². The number of halogens is 1. The van der Waals surface area contributed by atoms with Crippen molar-refractivity contribution in [1.82, 2.24) is 10.0 Å². The Hall–Kier alpha value is -2.26. The molecule has 0 unspecified atom stereocenters. The van der Waals surface area contributed by atoms with Gasteiger partial charge in [-0.05, 0) is 47.5 Å². The van der Waals surface area contributed by atoms with E-state index in [1.807, 2.05) is 0 Å². The average molecular weight is 435 g/mol. The van der Waals surface area contributed by atoms with Crippen LogP contribution in [0.5, 0.6) is 0 Å². The Labute approximate surface area is 171 Å². The van der Waals surface area contributed by atoms with Crippen LogP contribution in [0.15, 0.2) is 58.9 Å². The van der Waals surface area contributed by atoms with Crippen LogP contribution in [0, 0.1) is 0 Å². The van der Waals surface area contributed by atoms with E-state index in [-0.39, 0.29) is 10.6 Å². The second kappa shape index (κ2) is 7.63. The van der Waals surface area contributed by atoms with Gasteiger partial charge in [-0.25, -0.2) is 18.2 Å². The van der Waals surface area contributed by atoms with Crippen LogP contribution in [0.25, 0.3) is 0 Å². The number of benzene rings is 2. The first-order valence-corrected chi connectivity index (χ1v) is 11.3. The van der Waals surface area contributed by atoms with Crippen molar-refractivity contribution in [2.45, 2.75) is 23.7 Å². The fourth-order valence-corrected chi connectivity index (χ4v) is 5.35. The molecular weight excluding hydrogens is 420 g/mol. The van der Waals surface area contributed by atoms with Crippen LogP contribution in [0.4, 0.5) is 0 Å². The highest BCUT2D eigenvalue weighted by atomic mass is 35.5. The van der Waals surface area contributed by atoms with E-state index in [9.17, 15) is 13.2 Å². The molecule has 1 aliphatic rings. The zero-order valence-corrected chi connectivity index (χ0v) is 16.9. The summed E-state index contributed by atoms with van der Waals surface area (Å²) >= 11 is 7.14. The summed E-state index contributed by atoms with van der Waals surface area (Å²) in [5, 5.41) is 4.36. The van der Waals surface area contributed by atoms with Gasteiger partial charge in [0.1, 0.15) is 10.8 Å². The standard InChI is InChI=1S/C19H15ClN2O4S2/c20-16-4-1-13(2-5-16)19(23)26-22-10-14-3-6-17(9-15(14)11-22)28(24,25)12-18-21-7-8-27-18/h1-9H,10-12H2. The highest BCUT2D eigenvalue weighted by Crippen LogP contribution is 2.28. The molecule has 0 saturated heterocycles. The minimum atomic E-state index is -3.48. The fourth-order valence-electron chi connectivity index (χ4n) is 2.92. The quantitative estimate of drug-likeness (QED) is 0.607. The number of carbonyl (C=O) groups excluding carboxylic acids is 1. The summed E-state index contributed by atoms with van der Waals surface area (Å²) in [6.45, 7) is 0.733. The van der Waals surface area contributed by atoms with Gasteiger partial charge in [0.15, 0.2) is 9.84 Å². The third-order valence-corrected chi connectivity index (χ3v) is 7.16. The van der Waals surface area contributed by atoms with Crippen LogP contribution in [0.3, 0.4) is 0 Å². The molecule has 4 rings (SSSR count). The fraction of sp³-hybridized carbons (Fsp3) is 0.158. The van der Waals surface area contributed by atoms with Crippen LogP contribution >= 0.6 is 22.9 Å². The zero-order chi connectivity index (χ0) is 19.7. The molecular formula is C19H15ClN2O4S2. The van der Waals surface area contributed by atoms with Gasteiger partial charge in [0.2, 0.25) is 0 Å². The molecule has 0 fully saturated rings. The number of sulfone groups is 1. The van der Waals surface area contributed by atoms with Gasteiger partial charge in [-0.3, -0.25) is 0 Å². The molecule has 9 heteroatoms. The first kappa shape index (κ1) is 19.1. The number of fused-ring (bicyclic) bond motifs is 1. The summed E-state index contributed by atoms with van der Waals surface area (Å²) in [6.07, 6.45) is 1.59. The van der Waals surface area contributed by atoms with E-state index in [0.717, 1.165) is 11.1 Å². The number of hydrogen-bond acceptors (Lipinski definition) is 7. The van der Waals surface area contributed by atoms with Crippen molar-refractivity contribution in [3.63, 3.8) is 0 Å². The summed E-state index contributed by atoms with van der Waals surface area (Å²) in [7, 11) is -3.48. The van der Waals surface area contributed by atoms with Crippen molar-refractivity contribution in [2.75, 3.05) is 0 Å². The van der Waals surface area contributed by atoms with Gasteiger partial charge in [-0.15, -0.1) is 16.4 Å². The van der Waals surface area contributed by atoms with Crippen LogP contribution in [0.1, 0.15) is 26.5 Å². The molecule has 1 aromatic heterocycles. The van der Waals surface area contributed by atoms with E-state index < -0.39 is 15.8 Å². The van der Waals surface area contributed by atoms with Crippen LogP contribution in [0.2, 0.25) is 5.02 Å². The van der Waals surface area contributed by atoms with E-state index in [4.69, 9.17) is 16.4 Å². The number of nitrogens with zero attached hydrogens (tertiary/aromatic N) is 2. The Kier molecular flexibility index (Phi) is 5.20. The molecule has 144 valence electrons. The first-order valence-electron chi connectivity index (χ1n) is 8.36.